The third kappa shape index (κ3) is 4.61. The second-order valence-corrected chi connectivity index (χ2v) is 8.91. The van der Waals surface area contributed by atoms with Crippen LogP contribution in [0.4, 0.5) is 0 Å². The Bertz CT molecular complexity index is 1160. The van der Waals surface area contributed by atoms with E-state index in [0.717, 1.165) is 28.3 Å². The molecule has 0 saturated carbocycles. The van der Waals surface area contributed by atoms with Gasteiger partial charge in [-0.3, -0.25) is 9.78 Å². The van der Waals surface area contributed by atoms with Crippen molar-refractivity contribution in [3.63, 3.8) is 0 Å². The minimum absolute atomic E-state index is 0.0764. The molecular weight excluding hydrogens is 456 g/mol. The lowest BCUT2D eigenvalue weighted by atomic mass is 9.96. The number of hydrogen-bond acceptors (Lipinski definition) is 4. The van der Waals surface area contributed by atoms with Crippen LogP contribution in [0.5, 0.6) is 0 Å². The van der Waals surface area contributed by atoms with Gasteiger partial charge < -0.3 is 19.5 Å². The lowest BCUT2D eigenvalue weighted by molar-refractivity contribution is -0.140. The average Bonchev–Trinajstić information content (AvgIpc) is 3.30. The molecule has 0 spiro atoms. The molecule has 33 heavy (non-hydrogen) atoms. The number of ether oxygens (including phenoxy) is 1. The molecule has 172 valence electrons. The van der Waals surface area contributed by atoms with Gasteiger partial charge >= 0.3 is 5.97 Å². The maximum Gasteiger partial charge on any atom is 0.305 e. The number of aromatic nitrogens is 2. The number of nitrogens with zero attached hydrogens (tertiary/aromatic N) is 3. The number of carbonyl (C=O) groups excluding carboxylic acids is 1. The molecule has 1 saturated heterocycles. The Balaban J connectivity index is 1.76. The number of aryl methyl sites for hydroxylation is 1. The molecule has 8 heteroatoms. The van der Waals surface area contributed by atoms with E-state index in [4.69, 9.17) is 28.6 Å². The van der Waals surface area contributed by atoms with Gasteiger partial charge in [-0.15, -0.1) is 0 Å². The summed E-state index contributed by atoms with van der Waals surface area (Å²) in [7, 11) is 1.41. The molecule has 6 nitrogen and oxygen atoms in total. The summed E-state index contributed by atoms with van der Waals surface area (Å²) in [4.78, 5) is 18.5. The fourth-order valence-corrected chi connectivity index (χ4v) is 5.12. The minimum atomic E-state index is -0.220. The highest BCUT2D eigenvalue weighted by molar-refractivity contribution is 7.80. The number of thiocarbonyl (C=S) groups is 1. The van der Waals surface area contributed by atoms with Crippen LogP contribution in [0.25, 0.3) is 5.69 Å². The Hall–Kier alpha value is -2.90. The molecule has 1 N–H and O–H groups in total. The van der Waals surface area contributed by atoms with Crippen LogP contribution in [0, 0.1) is 13.8 Å². The first kappa shape index (κ1) is 23.3. The molecule has 3 heterocycles. The predicted molar refractivity (Wildman–Crippen MR) is 134 cm³/mol. The lowest BCUT2D eigenvalue weighted by Crippen LogP contribution is -2.31. The van der Waals surface area contributed by atoms with E-state index < -0.39 is 0 Å². The Morgan fingerprint density at radius 1 is 1.21 bits per heavy atom. The number of rotatable bonds is 7. The molecule has 4 rings (SSSR count). The van der Waals surface area contributed by atoms with E-state index >= 15 is 0 Å². The van der Waals surface area contributed by atoms with Gasteiger partial charge in [-0.2, -0.15) is 0 Å². The highest BCUT2D eigenvalue weighted by atomic mass is 35.5. The van der Waals surface area contributed by atoms with E-state index in [1.807, 2.05) is 42.5 Å². The minimum Gasteiger partial charge on any atom is -0.469 e. The number of halogens is 1. The Kier molecular flexibility index (Phi) is 7.00. The normalized spacial score (nSPS) is 17.8. The largest absolute Gasteiger partial charge is 0.469 e. The van der Waals surface area contributed by atoms with Crippen molar-refractivity contribution in [2.75, 3.05) is 13.7 Å². The number of benzene rings is 1. The highest BCUT2D eigenvalue weighted by Gasteiger charge is 2.41. The van der Waals surface area contributed by atoms with Crippen LogP contribution in [0.15, 0.2) is 54.7 Å². The van der Waals surface area contributed by atoms with Crippen LogP contribution in [0.3, 0.4) is 0 Å². The van der Waals surface area contributed by atoms with Crippen molar-refractivity contribution >= 4 is 34.9 Å². The van der Waals surface area contributed by atoms with Gasteiger partial charge in [0.25, 0.3) is 0 Å². The third-order valence-electron chi connectivity index (χ3n) is 6.09. The summed E-state index contributed by atoms with van der Waals surface area (Å²) in [6.45, 7) is 4.82. The maximum atomic E-state index is 11.7. The second-order valence-electron chi connectivity index (χ2n) is 8.11. The second kappa shape index (κ2) is 9.93. The summed E-state index contributed by atoms with van der Waals surface area (Å²) < 4.78 is 6.99. The number of hydrogen-bond donors (Lipinski definition) is 1. The first-order valence-electron chi connectivity index (χ1n) is 10.9. The van der Waals surface area contributed by atoms with Crippen LogP contribution >= 0.6 is 23.8 Å². The molecular formula is C25H27ClN4O2S. The number of esters is 1. The van der Waals surface area contributed by atoms with Gasteiger partial charge in [0.2, 0.25) is 0 Å². The van der Waals surface area contributed by atoms with Crippen molar-refractivity contribution in [3.8, 4) is 5.69 Å². The number of pyridine rings is 1. The first-order valence-corrected chi connectivity index (χ1v) is 11.7. The summed E-state index contributed by atoms with van der Waals surface area (Å²) in [6.07, 6.45) is 2.78. The standard InChI is InChI=1S/C25H27ClN4O2S/c1-16-15-18(17(2)30(16)21-11-5-4-9-19(21)26)24-23(20-10-6-7-13-27-20)28-25(33)29(24)14-8-12-22(31)32-3/h4-7,9-11,13,15,23-24H,8,12,14H2,1-3H3,(H,28,33)/t23-,24+/m0/s1. The van der Waals surface area contributed by atoms with Crippen molar-refractivity contribution in [1.29, 1.82) is 0 Å². The smallest absolute Gasteiger partial charge is 0.305 e. The fourth-order valence-electron chi connectivity index (χ4n) is 4.57. The summed E-state index contributed by atoms with van der Waals surface area (Å²) in [5.41, 5.74) is 5.19. The molecule has 0 amide bonds. The molecule has 0 aliphatic carbocycles. The van der Waals surface area contributed by atoms with Crippen molar-refractivity contribution in [2.45, 2.75) is 38.8 Å². The fraction of sp³-hybridized carbons (Fsp3) is 0.320. The highest BCUT2D eigenvalue weighted by Crippen LogP contribution is 2.41. The molecule has 0 radical (unpaired) electrons. The van der Waals surface area contributed by atoms with Gasteiger partial charge in [0, 0.05) is 30.6 Å². The Morgan fingerprint density at radius 3 is 2.67 bits per heavy atom. The summed E-state index contributed by atoms with van der Waals surface area (Å²) in [6, 6.07) is 15.7. The van der Waals surface area contributed by atoms with Gasteiger partial charge in [-0.25, -0.2) is 0 Å². The summed E-state index contributed by atoms with van der Waals surface area (Å²) >= 11 is 12.3. The topological polar surface area (TPSA) is 59.4 Å². The van der Waals surface area contributed by atoms with Crippen LogP contribution in [-0.2, 0) is 9.53 Å². The van der Waals surface area contributed by atoms with Crippen LogP contribution in [-0.4, -0.2) is 39.2 Å². The van der Waals surface area contributed by atoms with E-state index in [9.17, 15) is 4.79 Å². The zero-order valence-corrected chi connectivity index (χ0v) is 20.5. The first-order chi connectivity index (χ1) is 15.9. The predicted octanol–water partition coefficient (Wildman–Crippen LogP) is 5.07. The van der Waals surface area contributed by atoms with E-state index in [1.54, 1.807) is 6.20 Å². The van der Waals surface area contributed by atoms with Crippen LogP contribution < -0.4 is 5.32 Å². The van der Waals surface area contributed by atoms with Crippen LogP contribution in [0.2, 0.25) is 5.02 Å². The average molecular weight is 483 g/mol. The van der Waals surface area contributed by atoms with Gasteiger partial charge in [-0.1, -0.05) is 29.8 Å². The van der Waals surface area contributed by atoms with Gasteiger partial charge in [0.05, 0.1) is 35.6 Å². The Morgan fingerprint density at radius 2 is 1.97 bits per heavy atom. The molecule has 3 aromatic rings. The number of nitrogens with one attached hydrogen (secondary N) is 1. The molecule has 1 aliphatic heterocycles. The van der Waals surface area contributed by atoms with Crippen molar-refractivity contribution in [1.82, 2.24) is 19.8 Å². The zero-order chi connectivity index (χ0) is 23.5. The third-order valence-corrected chi connectivity index (χ3v) is 6.76. The van der Waals surface area contributed by atoms with E-state index in [0.29, 0.717) is 29.5 Å². The Labute approximate surface area is 204 Å². The van der Waals surface area contributed by atoms with E-state index in [1.165, 1.54) is 7.11 Å². The monoisotopic (exact) mass is 482 g/mol. The maximum absolute atomic E-state index is 11.7. The number of carbonyl (C=O) groups is 1. The van der Waals surface area contributed by atoms with Crippen molar-refractivity contribution < 1.29 is 9.53 Å². The van der Waals surface area contributed by atoms with Crippen molar-refractivity contribution in [3.05, 3.63) is 82.4 Å². The van der Waals surface area contributed by atoms with E-state index in [-0.39, 0.29) is 18.1 Å². The number of para-hydroxylation sites is 1. The lowest BCUT2D eigenvalue weighted by Gasteiger charge is -2.28. The van der Waals surface area contributed by atoms with Crippen molar-refractivity contribution in [2.24, 2.45) is 0 Å². The molecule has 2 atom stereocenters. The SMILES string of the molecule is COC(=O)CCCN1C(=S)N[C@@H](c2ccccn2)[C@H]1c1cc(C)n(-c2ccccc2Cl)c1C. The summed E-state index contributed by atoms with van der Waals surface area (Å²) in [5.74, 6) is -0.220. The molecule has 0 bridgehead atoms. The molecule has 1 fully saturated rings. The van der Waals surface area contributed by atoms with Gasteiger partial charge in [0.1, 0.15) is 0 Å². The van der Waals surface area contributed by atoms with Gasteiger partial charge in [-0.05, 0) is 68.4 Å². The molecule has 1 aliphatic rings. The van der Waals surface area contributed by atoms with E-state index in [2.05, 4.69) is 39.7 Å². The quantitative estimate of drug-likeness (QED) is 0.375. The molecule has 1 aromatic carbocycles. The summed E-state index contributed by atoms with van der Waals surface area (Å²) in [5, 5.41) is 4.82. The number of methoxy groups -OCH3 is 1. The van der Waals surface area contributed by atoms with Gasteiger partial charge in [0.15, 0.2) is 5.11 Å². The molecule has 2 aromatic heterocycles. The zero-order valence-electron chi connectivity index (χ0n) is 18.9. The molecule has 0 unspecified atom stereocenters. The van der Waals surface area contributed by atoms with Crippen LogP contribution in [0.1, 0.15) is 47.6 Å².